The van der Waals surface area contributed by atoms with Gasteiger partial charge >= 0.3 is 5.97 Å². The Morgan fingerprint density at radius 2 is 2.36 bits per heavy atom. The lowest BCUT2D eigenvalue weighted by molar-refractivity contribution is -0.142. The van der Waals surface area contributed by atoms with Gasteiger partial charge in [-0.1, -0.05) is 0 Å². The van der Waals surface area contributed by atoms with E-state index >= 15 is 0 Å². The van der Waals surface area contributed by atoms with E-state index in [-0.39, 0.29) is 12.1 Å². The number of carbonyl (C=O) groups excluding carboxylic acids is 1. The number of epoxide rings is 1. The van der Waals surface area contributed by atoms with Gasteiger partial charge in [0.05, 0.1) is 19.8 Å². The Morgan fingerprint density at radius 3 is 2.91 bits per heavy atom. The zero-order chi connectivity index (χ0) is 8.10. The lowest BCUT2D eigenvalue weighted by Crippen LogP contribution is -2.10. The number of rotatable bonds is 5. The molecule has 1 rings (SSSR count). The second-order valence-electron chi connectivity index (χ2n) is 2.37. The predicted molar refractivity (Wildman–Crippen MR) is 37.2 cm³/mol. The van der Waals surface area contributed by atoms with Crippen molar-refractivity contribution in [2.45, 2.75) is 13.0 Å². The van der Waals surface area contributed by atoms with Crippen molar-refractivity contribution in [3.05, 3.63) is 0 Å². The third kappa shape index (κ3) is 4.75. The van der Waals surface area contributed by atoms with Crippen molar-refractivity contribution >= 4 is 5.97 Å². The van der Waals surface area contributed by atoms with Gasteiger partial charge in [0.25, 0.3) is 0 Å². The molecule has 64 valence electrons. The van der Waals surface area contributed by atoms with E-state index in [0.29, 0.717) is 19.8 Å². The van der Waals surface area contributed by atoms with Crippen LogP contribution in [0.5, 0.6) is 0 Å². The first-order valence-electron chi connectivity index (χ1n) is 3.62. The van der Waals surface area contributed by atoms with Crippen LogP contribution < -0.4 is 0 Å². The summed E-state index contributed by atoms with van der Waals surface area (Å²) in [5.41, 5.74) is 0. The monoisotopic (exact) mass is 160 g/mol. The molecule has 0 aliphatic carbocycles. The average molecular weight is 160 g/mol. The predicted octanol–water partition coefficient (Wildman–Crippen LogP) is -0.0351. The molecule has 1 aliphatic heterocycles. The maximum Gasteiger partial charge on any atom is 0.302 e. The minimum Gasteiger partial charge on any atom is -0.463 e. The van der Waals surface area contributed by atoms with Crippen LogP contribution in [0.4, 0.5) is 0 Å². The average Bonchev–Trinajstić information content (AvgIpc) is 2.70. The van der Waals surface area contributed by atoms with Crippen LogP contribution in [0.3, 0.4) is 0 Å². The summed E-state index contributed by atoms with van der Waals surface area (Å²) in [6, 6.07) is 0. The van der Waals surface area contributed by atoms with Gasteiger partial charge in [-0.05, 0) is 0 Å². The van der Waals surface area contributed by atoms with E-state index in [1.54, 1.807) is 0 Å². The normalized spacial score (nSPS) is 21.4. The summed E-state index contributed by atoms with van der Waals surface area (Å²) in [5, 5.41) is 0. The number of hydrogen-bond acceptors (Lipinski definition) is 4. The standard InChI is InChI=1S/C7H12O4/c1-6(8)10-3-2-9-4-7-5-11-7/h7H,2-5H2,1H3. The Balaban J connectivity index is 1.76. The van der Waals surface area contributed by atoms with E-state index < -0.39 is 0 Å². The van der Waals surface area contributed by atoms with Gasteiger partial charge in [-0.15, -0.1) is 0 Å². The molecule has 1 fully saturated rings. The molecule has 4 nitrogen and oxygen atoms in total. The van der Waals surface area contributed by atoms with Gasteiger partial charge in [-0.3, -0.25) is 4.79 Å². The molecule has 0 amide bonds. The van der Waals surface area contributed by atoms with E-state index in [0.717, 1.165) is 6.61 Å². The summed E-state index contributed by atoms with van der Waals surface area (Å²) in [4.78, 5) is 10.3. The molecule has 4 heteroatoms. The number of ether oxygens (including phenoxy) is 3. The third-order valence-corrected chi connectivity index (χ3v) is 1.24. The SMILES string of the molecule is CC(=O)OCCOCC1CO1. The van der Waals surface area contributed by atoms with E-state index in [9.17, 15) is 4.79 Å². The van der Waals surface area contributed by atoms with Crippen molar-refractivity contribution in [1.29, 1.82) is 0 Å². The second kappa shape index (κ2) is 4.31. The maximum atomic E-state index is 10.3. The largest absolute Gasteiger partial charge is 0.463 e. The molecule has 1 atom stereocenters. The van der Waals surface area contributed by atoms with Crippen molar-refractivity contribution < 1.29 is 19.0 Å². The first-order chi connectivity index (χ1) is 5.29. The molecule has 0 saturated carbocycles. The summed E-state index contributed by atoms with van der Waals surface area (Å²) in [6.45, 7) is 3.58. The van der Waals surface area contributed by atoms with Crippen LogP contribution in [-0.2, 0) is 19.0 Å². The highest BCUT2D eigenvalue weighted by molar-refractivity contribution is 5.65. The van der Waals surface area contributed by atoms with Crippen LogP contribution in [0.2, 0.25) is 0 Å². The zero-order valence-corrected chi connectivity index (χ0v) is 6.54. The Bertz CT molecular complexity index is 130. The molecular formula is C7H12O4. The van der Waals surface area contributed by atoms with Gasteiger partial charge in [-0.25, -0.2) is 0 Å². The first kappa shape index (κ1) is 8.49. The van der Waals surface area contributed by atoms with Gasteiger partial charge in [-0.2, -0.15) is 0 Å². The molecule has 0 radical (unpaired) electrons. The molecular weight excluding hydrogens is 148 g/mol. The lowest BCUT2D eigenvalue weighted by atomic mass is 10.5. The number of hydrogen-bond donors (Lipinski definition) is 0. The van der Waals surface area contributed by atoms with Gasteiger partial charge in [0.2, 0.25) is 0 Å². The van der Waals surface area contributed by atoms with Gasteiger partial charge in [0.1, 0.15) is 12.7 Å². The minimum atomic E-state index is -0.267. The van der Waals surface area contributed by atoms with E-state index in [1.165, 1.54) is 6.92 Å². The third-order valence-electron chi connectivity index (χ3n) is 1.24. The van der Waals surface area contributed by atoms with E-state index in [2.05, 4.69) is 4.74 Å². The molecule has 0 aromatic carbocycles. The molecule has 0 aromatic heterocycles. The summed E-state index contributed by atoms with van der Waals surface area (Å²) >= 11 is 0. The second-order valence-corrected chi connectivity index (χ2v) is 2.37. The molecule has 11 heavy (non-hydrogen) atoms. The molecule has 0 aromatic rings. The summed E-state index contributed by atoms with van der Waals surface area (Å²) in [6.07, 6.45) is 0.285. The topological polar surface area (TPSA) is 48.1 Å². The number of esters is 1. The van der Waals surface area contributed by atoms with Gasteiger partial charge in [0.15, 0.2) is 0 Å². The van der Waals surface area contributed by atoms with Crippen LogP contribution in [0.25, 0.3) is 0 Å². The Hall–Kier alpha value is -0.610. The molecule has 1 aliphatic rings. The number of carbonyl (C=O) groups is 1. The quantitative estimate of drug-likeness (QED) is 0.322. The van der Waals surface area contributed by atoms with E-state index in [4.69, 9.17) is 9.47 Å². The van der Waals surface area contributed by atoms with Crippen molar-refractivity contribution in [2.24, 2.45) is 0 Å². The molecule has 0 N–H and O–H groups in total. The fourth-order valence-electron chi connectivity index (χ4n) is 0.623. The molecule has 0 spiro atoms. The van der Waals surface area contributed by atoms with Crippen molar-refractivity contribution in [3.63, 3.8) is 0 Å². The fraction of sp³-hybridized carbons (Fsp3) is 0.857. The zero-order valence-electron chi connectivity index (χ0n) is 6.54. The summed E-state index contributed by atoms with van der Waals surface area (Å²) in [7, 11) is 0. The van der Waals surface area contributed by atoms with Crippen LogP contribution in [0.15, 0.2) is 0 Å². The van der Waals surface area contributed by atoms with Crippen LogP contribution >= 0.6 is 0 Å². The van der Waals surface area contributed by atoms with E-state index in [1.807, 2.05) is 0 Å². The molecule has 1 unspecified atom stereocenters. The van der Waals surface area contributed by atoms with Crippen LogP contribution in [0.1, 0.15) is 6.92 Å². The van der Waals surface area contributed by atoms with Crippen LogP contribution in [0, 0.1) is 0 Å². The smallest absolute Gasteiger partial charge is 0.302 e. The molecule has 1 saturated heterocycles. The summed E-state index contributed by atoms with van der Waals surface area (Å²) in [5.74, 6) is -0.267. The Labute approximate surface area is 65.4 Å². The summed E-state index contributed by atoms with van der Waals surface area (Å²) < 4.78 is 14.6. The van der Waals surface area contributed by atoms with Crippen LogP contribution in [-0.4, -0.2) is 38.5 Å². The molecule has 1 heterocycles. The van der Waals surface area contributed by atoms with Gasteiger partial charge < -0.3 is 14.2 Å². The lowest BCUT2D eigenvalue weighted by Gasteiger charge is -2.01. The maximum absolute atomic E-state index is 10.3. The Kier molecular flexibility index (Phi) is 3.32. The molecule has 0 bridgehead atoms. The fourth-order valence-corrected chi connectivity index (χ4v) is 0.623. The van der Waals surface area contributed by atoms with Crippen molar-refractivity contribution in [2.75, 3.05) is 26.4 Å². The Morgan fingerprint density at radius 1 is 1.64 bits per heavy atom. The van der Waals surface area contributed by atoms with Crippen molar-refractivity contribution in [1.82, 2.24) is 0 Å². The highest BCUT2D eigenvalue weighted by atomic mass is 16.6. The van der Waals surface area contributed by atoms with Crippen molar-refractivity contribution in [3.8, 4) is 0 Å². The van der Waals surface area contributed by atoms with Gasteiger partial charge in [0, 0.05) is 6.92 Å². The highest BCUT2D eigenvalue weighted by Gasteiger charge is 2.21. The highest BCUT2D eigenvalue weighted by Crippen LogP contribution is 2.07. The minimum absolute atomic E-state index is 0.267. The first-order valence-corrected chi connectivity index (χ1v) is 3.62.